The summed E-state index contributed by atoms with van der Waals surface area (Å²) >= 11 is 6.47. The number of H-pyrrole nitrogens is 1. The van der Waals surface area contributed by atoms with Gasteiger partial charge in [-0.3, -0.25) is 9.36 Å². The summed E-state index contributed by atoms with van der Waals surface area (Å²) in [6, 6.07) is 12.8. The Kier molecular flexibility index (Phi) is 5.07. The van der Waals surface area contributed by atoms with Crippen molar-refractivity contribution in [3.63, 3.8) is 0 Å². The zero-order valence-corrected chi connectivity index (χ0v) is 17.8. The lowest BCUT2D eigenvalue weighted by Crippen LogP contribution is -2.27. The maximum absolute atomic E-state index is 13.9. The molecule has 32 heavy (non-hydrogen) atoms. The predicted molar refractivity (Wildman–Crippen MR) is 123 cm³/mol. The SMILES string of the molecule is CC[C@H](Nc1ncnc2[nH]cnc12)c1cc2ccc(F)cc2c(=O)n1-c1ccccc1Cl. The van der Waals surface area contributed by atoms with E-state index in [9.17, 15) is 9.18 Å². The Morgan fingerprint density at radius 1 is 1.16 bits per heavy atom. The Morgan fingerprint density at radius 2 is 2.00 bits per heavy atom. The van der Waals surface area contributed by atoms with Crippen LogP contribution in [0.5, 0.6) is 0 Å². The van der Waals surface area contributed by atoms with Gasteiger partial charge in [-0.25, -0.2) is 19.3 Å². The molecule has 0 fully saturated rings. The van der Waals surface area contributed by atoms with E-state index in [1.165, 1.54) is 23.0 Å². The molecule has 0 unspecified atom stereocenters. The van der Waals surface area contributed by atoms with Gasteiger partial charge < -0.3 is 10.3 Å². The van der Waals surface area contributed by atoms with Crippen molar-refractivity contribution in [1.29, 1.82) is 0 Å². The smallest absolute Gasteiger partial charge is 0.263 e. The monoisotopic (exact) mass is 448 g/mol. The first-order valence-corrected chi connectivity index (χ1v) is 10.5. The van der Waals surface area contributed by atoms with Crippen molar-refractivity contribution in [2.45, 2.75) is 19.4 Å². The molecule has 0 bridgehead atoms. The third-order valence-electron chi connectivity index (χ3n) is 5.40. The van der Waals surface area contributed by atoms with Crippen molar-refractivity contribution in [3.8, 4) is 5.69 Å². The van der Waals surface area contributed by atoms with Crippen LogP contribution in [0.1, 0.15) is 25.1 Å². The van der Waals surface area contributed by atoms with Gasteiger partial charge in [0.1, 0.15) is 17.7 Å². The van der Waals surface area contributed by atoms with Crippen LogP contribution in [0.3, 0.4) is 0 Å². The minimum Gasteiger partial charge on any atom is -0.360 e. The average Bonchev–Trinajstić information content (AvgIpc) is 3.28. The molecule has 5 aromatic rings. The Bertz CT molecular complexity index is 1510. The Morgan fingerprint density at radius 3 is 2.81 bits per heavy atom. The first-order chi connectivity index (χ1) is 15.6. The largest absolute Gasteiger partial charge is 0.360 e. The molecule has 0 aliphatic heterocycles. The number of benzene rings is 2. The third-order valence-corrected chi connectivity index (χ3v) is 5.72. The lowest BCUT2D eigenvalue weighted by molar-refractivity contribution is 0.629. The van der Waals surface area contributed by atoms with Crippen LogP contribution in [0.25, 0.3) is 27.6 Å². The number of nitrogens with zero attached hydrogens (tertiary/aromatic N) is 4. The number of rotatable bonds is 5. The Labute approximate surface area is 186 Å². The molecule has 1 atom stereocenters. The van der Waals surface area contributed by atoms with Gasteiger partial charge in [-0.1, -0.05) is 36.7 Å². The van der Waals surface area contributed by atoms with Gasteiger partial charge in [0.15, 0.2) is 11.5 Å². The molecule has 2 aromatic carbocycles. The van der Waals surface area contributed by atoms with Crippen LogP contribution in [0.2, 0.25) is 5.02 Å². The molecule has 0 saturated carbocycles. The summed E-state index contributed by atoms with van der Waals surface area (Å²) in [5, 5.41) is 4.73. The van der Waals surface area contributed by atoms with Gasteiger partial charge in [0.05, 0.1) is 28.5 Å². The lowest BCUT2D eigenvalue weighted by atomic mass is 10.0. The van der Waals surface area contributed by atoms with Gasteiger partial charge in [0.2, 0.25) is 0 Å². The highest BCUT2D eigenvalue weighted by Gasteiger charge is 2.21. The number of hydrogen-bond acceptors (Lipinski definition) is 5. The number of hydrogen-bond donors (Lipinski definition) is 2. The second-order valence-electron chi connectivity index (χ2n) is 7.32. The molecule has 9 heteroatoms. The zero-order valence-electron chi connectivity index (χ0n) is 17.0. The van der Waals surface area contributed by atoms with Crippen LogP contribution in [0.4, 0.5) is 10.2 Å². The molecule has 3 heterocycles. The maximum atomic E-state index is 13.9. The molecule has 0 radical (unpaired) electrons. The number of pyridine rings is 1. The lowest BCUT2D eigenvalue weighted by Gasteiger charge is -2.24. The summed E-state index contributed by atoms with van der Waals surface area (Å²) < 4.78 is 15.5. The fourth-order valence-corrected chi connectivity index (χ4v) is 4.08. The van der Waals surface area contributed by atoms with Crippen LogP contribution in [-0.4, -0.2) is 24.5 Å². The van der Waals surface area contributed by atoms with Crippen molar-refractivity contribution in [3.05, 3.63) is 88.1 Å². The number of nitrogens with one attached hydrogen (secondary N) is 2. The minimum atomic E-state index is -0.472. The van der Waals surface area contributed by atoms with Crippen molar-refractivity contribution in [1.82, 2.24) is 24.5 Å². The van der Waals surface area contributed by atoms with Gasteiger partial charge in [0, 0.05) is 5.69 Å². The van der Waals surface area contributed by atoms with E-state index in [1.807, 2.05) is 13.0 Å². The van der Waals surface area contributed by atoms with Gasteiger partial charge >= 0.3 is 0 Å². The second kappa shape index (κ2) is 8.05. The maximum Gasteiger partial charge on any atom is 0.263 e. The summed E-state index contributed by atoms with van der Waals surface area (Å²) in [5.41, 5.74) is 2.05. The molecule has 0 spiro atoms. The number of halogens is 2. The molecule has 5 rings (SSSR count). The highest BCUT2D eigenvalue weighted by atomic mass is 35.5. The van der Waals surface area contributed by atoms with E-state index in [0.717, 1.165) is 0 Å². The number of aromatic amines is 1. The van der Waals surface area contributed by atoms with Crippen LogP contribution in [-0.2, 0) is 0 Å². The van der Waals surface area contributed by atoms with E-state index in [-0.39, 0.29) is 17.0 Å². The van der Waals surface area contributed by atoms with Gasteiger partial charge in [0.25, 0.3) is 5.56 Å². The van der Waals surface area contributed by atoms with E-state index in [0.29, 0.717) is 45.2 Å². The fourth-order valence-electron chi connectivity index (χ4n) is 3.86. The van der Waals surface area contributed by atoms with Crippen molar-refractivity contribution < 1.29 is 4.39 Å². The van der Waals surface area contributed by atoms with Gasteiger partial charge in [-0.15, -0.1) is 0 Å². The molecular weight excluding hydrogens is 431 g/mol. The molecular formula is C23H18ClFN6O. The standard InChI is InChI=1S/C23H18ClFN6O/c1-2-17(30-22-20-21(27-11-26-20)28-12-29-22)19-9-13-7-8-14(25)10-15(13)23(32)31(19)18-6-4-3-5-16(18)24/h3-12,17H,2H2,1H3,(H2,26,27,28,29,30)/t17-/m0/s1. The predicted octanol–water partition coefficient (Wildman–Crippen LogP) is 5.01. The Hall–Kier alpha value is -3.78. The fraction of sp³-hybridized carbons (Fsp3) is 0.130. The number of para-hydroxylation sites is 1. The summed E-state index contributed by atoms with van der Waals surface area (Å²) in [6.45, 7) is 2.00. The second-order valence-corrected chi connectivity index (χ2v) is 7.73. The average molecular weight is 449 g/mol. The van der Waals surface area contributed by atoms with E-state index in [1.54, 1.807) is 36.7 Å². The molecule has 2 N–H and O–H groups in total. The van der Waals surface area contributed by atoms with Gasteiger partial charge in [-0.05, 0) is 42.1 Å². The molecule has 7 nitrogen and oxygen atoms in total. The number of anilines is 1. The van der Waals surface area contributed by atoms with Crippen molar-refractivity contribution >= 4 is 39.4 Å². The normalized spacial score (nSPS) is 12.3. The van der Waals surface area contributed by atoms with Crippen molar-refractivity contribution in [2.75, 3.05) is 5.32 Å². The number of fused-ring (bicyclic) bond motifs is 2. The minimum absolute atomic E-state index is 0.278. The van der Waals surface area contributed by atoms with Crippen LogP contribution < -0.4 is 10.9 Å². The topological polar surface area (TPSA) is 88.5 Å². The molecule has 3 aromatic heterocycles. The molecule has 0 saturated heterocycles. The summed E-state index contributed by atoms with van der Waals surface area (Å²) in [4.78, 5) is 29.3. The van der Waals surface area contributed by atoms with Gasteiger partial charge in [-0.2, -0.15) is 0 Å². The zero-order chi connectivity index (χ0) is 22.2. The number of aromatic nitrogens is 5. The van der Waals surface area contributed by atoms with E-state index < -0.39 is 5.82 Å². The molecule has 0 aliphatic carbocycles. The first-order valence-electron chi connectivity index (χ1n) is 10.1. The van der Waals surface area contributed by atoms with Crippen LogP contribution in [0, 0.1) is 5.82 Å². The van der Waals surface area contributed by atoms with E-state index in [2.05, 4.69) is 25.3 Å². The summed E-state index contributed by atoms with van der Waals surface area (Å²) in [6.07, 6.45) is 3.63. The van der Waals surface area contributed by atoms with Crippen LogP contribution >= 0.6 is 11.6 Å². The first kappa shape index (κ1) is 20.1. The third kappa shape index (κ3) is 3.38. The van der Waals surface area contributed by atoms with E-state index in [4.69, 9.17) is 11.6 Å². The van der Waals surface area contributed by atoms with E-state index >= 15 is 0 Å². The molecule has 160 valence electrons. The summed E-state index contributed by atoms with van der Waals surface area (Å²) in [7, 11) is 0. The quantitative estimate of drug-likeness (QED) is 0.394. The molecule has 0 amide bonds. The number of imidazole rings is 1. The van der Waals surface area contributed by atoms with Crippen LogP contribution in [0.15, 0.2) is 66.0 Å². The molecule has 0 aliphatic rings. The highest BCUT2D eigenvalue weighted by molar-refractivity contribution is 6.32. The van der Waals surface area contributed by atoms with Crippen molar-refractivity contribution in [2.24, 2.45) is 0 Å². The highest BCUT2D eigenvalue weighted by Crippen LogP contribution is 2.30. The summed E-state index contributed by atoms with van der Waals surface area (Å²) in [5.74, 6) is 0.0700. The Balaban J connectivity index is 1.75.